The first kappa shape index (κ1) is 25.8. The van der Waals surface area contributed by atoms with Crippen LogP contribution >= 0.6 is 0 Å². The van der Waals surface area contributed by atoms with Crippen LogP contribution in [0.5, 0.6) is 0 Å². The largest absolute Gasteiger partial charge is 0.0622 e. The zero-order valence-corrected chi connectivity index (χ0v) is 24.0. The molecule has 0 heteroatoms. The van der Waals surface area contributed by atoms with Crippen molar-refractivity contribution >= 4 is 0 Å². The number of hydrogen-bond acceptors (Lipinski definition) is 0. The molecular formula is C40H44. The highest BCUT2D eigenvalue weighted by Crippen LogP contribution is 2.62. The van der Waals surface area contributed by atoms with Gasteiger partial charge in [0.15, 0.2) is 0 Å². The van der Waals surface area contributed by atoms with Gasteiger partial charge in [-0.25, -0.2) is 0 Å². The highest BCUT2D eigenvalue weighted by Gasteiger charge is 2.57. The fraction of sp³-hybridized carbons (Fsp3) is 0.400. The van der Waals surface area contributed by atoms with Gasteiger partial charge in [-0.3, -0.25) is 0 Å². The van der Waals surface area contributed by atoms with Gasteiger partial charge in [0.05, 0.1) is 0 Å². The minimum atomic E-state index is 0.367. The molecule has 0 nitrogen and oxygen atoms in total. The van der Waals surface area contributed by atoms with E-state index >= 15 is 0 Å². The van der Waals surface area contributed by atoms with Crippen LogP contribution in [-0.4, -0.2) is 0 Å². The first-order chi connectivity index (χ1) is 19.8. The lowest BCUT2D eigenvalue weighted by molar-refractivity contribution is 0.176. The van der Waals surface area contributed by atoms with Crippen LogP contribution in [-0.2, 0) is 31.1 Å². The molecule has 4 atom stereocenters. The van der Waals surface area contributed by atoms with E-state index in [1.54, 1.807) is 22.3 Å². The summed E-state index contributed by atoms with van der Waals surface area (Å²) in [7, 11) is 0. The van der Waals surface area contributed by atoms with Crippen LogP contribution in [0.2, 0.25) is 0 Å². The SMILES string of the molecule is c1ccc(C[C@@H]2CCC[C@@H](Cc3ccccc3)C2)cc1.c1ccc2c(c1)C[C@@H]1CCC[C@H]3Cc4ccccc4C213. The molecule has 0 aliphatic heterocycles. The number of rotatable bonds is 4. The Bertz CT molecular complexity index is 1290. The molecule has 2 saturated carbocycles. The van der Waals surface area contributed by atoms with Crippen LogP contribution in [0.25, 0.3) is 0 Å². The Morgan fingerprint density at radius 2 is 0.900 bits per heavy atom. The monoisotopic (exact) mass is 524 g/mol. The first-order valence-corrected chi connectivity index (χ1v) is 16.1. The van der Waals surface area contributed by atoms with Gasteiger partial charge in [0.25, 0.3) is 0 Å². The Balaban J connectivity index is 0.000000132. The van der Waals surface area contributed by atoms with E-state index in [4.69, 9.17) is 0 Å². The van der Waals surface area contributed by atoms with E-state index < -0.39 is 0 Å². The topological polar surface area (TPSA) is 0 Å². The standard InChI is InChI=1S/C20H20.C20H24/c1-3-10-18-14(6-1)12-16-8-5-9-17-13-15-7-2-4-11-19(15)20(16,17)18;1-3-8-17(9-4-1)14-19-12-7-13-20(16-19)15-18-10-5-2-6-11-18/h1-4,6-7,10-11,16-17H,5,8-9,12-13H2;1-6,8-11,19-20H,7,12-16H2/t16-,17-,20?;19-,20-/m00/s1. The summed E-state index contributed by atoms with van der Waals surface area (Å²) in [6.07, 6.45) is 15.1. The van der Waals surface area contributed by atoms with Crippen LogP contribution < -0.4 is 0 Å². The molecule has 4 aliphatic rings. The molecule has 0 N–H and O–H groups in total. The predicted molar refractivity (Wildman–Crippen MR) is 168 cm³/mol. The quantitative estimate of drug-likeness (QED) is 0.249. The second-order valence-electron chi connectivity index (χ2n) is 13.2. The second kappa shape index (κ2) is 11.4. The maximum Gasteiger partial charge on any atom is 0.0270 e. The molecule has 0 amide bonds. The van der Waals surface area contributed by atoms with E-state index in [1.165, 1.54) is 81.8 Å². The molecule has 0 radical (unpaired) electrons. The average Bonchev–Trinajstić information content (AvgIpc) is 3.53. The second-order valence-corrected chi connectivity index (χ2v) is 13.2. The molecule has 0 bridgehead atoms. The Kier molecular flexibility index (Phi) is 7.36. The summed E-state index contributed by atoms with van der Waals surface area (Å²) in [5, 5.41) is 0. The number of fused-ring (bicyclic) bond motifs is 2. The molecular weight excluding hydrogens is 480 g/mol. The van der Waals surface area contributed by atoms with Crippen molar-refractivity contribution in [3.63, 3.8) is 0 Å². The first-order valence-electron chi connectivity index (χ1n) is 16.1. The molecule has 0 saturated heterocycles. The van der Waals surface area contributed by atoms with Gasteiger partial charge in [0, 0.05) is 5.41 Å². The van der Waals surface area contributed by atoms with Gasteiger partial charge in [0.2, 0.25) is 0 Å². The van der Waals surface area contributed by atoms with Crippen molar-refractivity contribution in [2.75, 3.05) is 0 Å². The van der Waals surface area contributed by atoms with Gasteiger partial charge in [-0.15, -0.1) is 0 Å². The molecule has 0 unspecified atom stereocenters. The molecule has 1 spiro atoms. The van der Waals surface area contributed by atoms with Crippen LogP contribution in [0.4, 0.5) is 0 Å². The Morgan fingerprint density at radius 3 is 1.40 bits per heavy atom. The van der Waals surface area contributed by atoms with Gasteiger partial charge in [0.1, 0.15) is 0 Å². The Hall–Kier alpha value is -3.12. The zero-order valence-electron chi connectivity index (χ0n) is 24.0. The summed E-state index contributed by atoms with van der Waals surface area (Å²) in [6.45, 7) is 0. The van der Waals surface area contributed by atoms with Crippen LogP contribution in [0.15, 0.2) is 109 Å². The normalized spacial score (nSPS) is 27.9. The zero-order chi connectivity index (χ0) is 26.8. The molecule has 204 valence electrons. The van der Waals surface area contributed by atoms with Gasteiger partial charge in [-0.05, 0) is 102 Å². The Labute approximate surface area is 241 Å². The fourth-order valence-electron chi connectivity index (χ4n) is 9.35. The van der Waals surface area contributed by atoms with Gasteiger partial charge in [-0.2, -0.15) is 0 Å². The van der Waals surface area contributed by atoms with Crippen molar-refractivity contribution in [1.29, 1.82) is 0 Å². The van der Waals surface area contributed by atoms with Crippen molar-refractivity contribution in [1.82, 2.24) is 0 Å². The third-order valence-electron chi connectivity index (χ3n) is 10.9. The molecule has 8 rings (SSSR count). The van der Waals surface area contributed by atoms with Crippen LogP contribution in [0.1, 0.15) is 78.3 Å². The highest BCUT2D eigenvalue weighted by atomic mass is 14.6. The lowest BCUT2D eigenvalue weighted by atomic mass is 9.59. The maximum absolute atomic E-state index is 2.43. The van der Waals surface area contributed by atoms with Crippen LogP contribution in [0, 0.1) is 23.7 Å². The lowest BCUT2D eigenvalue weighted by Gasteiger charge is -2.43. The fourth-order valence-corrected chi connectivity index (χ4v) is 9.35. The molecule has 4 aromatic rings. The minimum Gasteiger partial charge on any atom is -0.0622 e. The minimum absolute atomic E-state index is 0.367. The van der Waals surface area contributed by atoms with Gasteiger partial charge >= 0.3 is 0 Å². The van der Waals surface area contributed by atoms with Crippen molar-refractivity contribution in [2.45, 2.75) is 76.0 Å². The lowest BCUT2D eigenvalue weighted by Crippen LogP contribution is -2.40. The van der Waals surface area contributed by atoms with Gasteiger partial charge in [-0.1, -0.05) is 135 Å². The van der Waals surface area contributed by atoms with E-state index in [2.05, 4.69) is 109 Å². The smallest absolute Gasteiger partial charge is 0.0270 e. The van der Waals surface area contributed by atoms with E-state index in [0.29, 0.717) is 5.41 Å². The van der Waals surface area contributed by atoms with Crippen molar-refractivity contribution in [3.05, 3.63) is 143 Å². The summed E-state index contributed by atoms with van der Waals surface area (Å²) < 4.78 is 0. The van der Waals surface area contributed by atoms with E-state index in [1.807, 2.05) is 0 Å². The third-order valence-corrected chi connectivity index (χ3v) is 10.9. The Morgan fingerprint density at radius 1 is 0.475 bits per heavy atom. The summed E-state index contributed by atoms with van der Waals surface area (Å²) >= 11 is 0. The van der Waals surface area contributed by atoms with E-state index in [9.17, 15) is 0 Å². The summed E-state index contributed by atoms with van der Waals surface area (Å²) in [4.78, 5) is 0. The predicted octanol–water partition coefficient (Wildman–Crippen LogP) is 9.78. The van der Waals surface area contributed by atoms with Crippen molar-refractivity contribution in [2.24, 2.45) is 23.7 Å². The van der Waals surface area contributed by atoms with E-state index in [0.717, 1.165) is 23.7 Å². The molecule has 4 aliphatic carbocycles. The average molecular weight is 525 g/mol. The van der Waals surface area contributed by atoms with Gasteiger partial charge < -0.3 is 0 Å². The maximum atomic E-state index is 2.43. The van der Waals surface area contributed by atoms with Crippen LogP contribution in [0.3, 0.4) is 0 Å². The summed E-state index contributed by atoms with van der Waals surface area (Å²) in [6, 6.07) is 40.6. The van der Waals surface area contributed by atoms with Crippen molar-refractivity contribution < 1.29 is 0 Å². The molecule has 0 aromatic heterocycles. The number of hydrogen-bond donors (Lipinski definition) is 0. The molecule has 40 heavy (non-hydrogen) atoms. The molecule has 0 heterocycles. The third kappa shape index (κ3) is 4.85. The summed E-state index contributed by atoms with van der Waals surface area (Å²) in [5.74, 6) is 3.48. The number of benzene rings is 4. The van der Waals surface area contributed by atoms with E-state index in [-0.39, 0.29) is 0 Å². The highest BCUT2D eigenvalue weighted by molar-refractivity contribution is 5.56. The summed E-state index contributed by atoms with van der Waals surface area (Å²) in [5.41, 5.74) is 9.98. The molecule has 2 fully saturated rings. The molecule has 4 aromatic carbocycles. The van der Waals surface area contributed by atoms with Crippen molar-refractivity contribution in [3.8, 4) is 0 Å².